The topological polar surface area (TPSA) is 57.2 Å². The third-order valence-corrected chi connectivity index (χ3v) is 3.82. The Kier molecular flexibility index (Phi) is 10.7. The number of hydrogen-bond donors (Lipinski definition) is 1. The fourth-order valence-electron chi connectivity index (χ4n) is 2.44. The van der Waals surface area contributed by atoms with E-state index in [1.807, 2.05) is 12.1 Å². The number of methoxy groups -OCH3 is 2. The molecular weight excluding hydrogens is 332 g/mol. The first-order valence-corrected chi connectivity index (χ1v) is 8.80. The number of aliphatic hydroxyl groups is 1. The van der Waals surface area contributed by atoms with Gasteiger partial charge < -0.3 is 24.1 Å². The van der Waals surface area contributed by atoms with E-state index in [4.69, 9.17) is 18.9 Å². The highest BCUT2D eigenvalue weighted by molar-refractivity contribution is 5.49. The third kappa shape index (κ3) is 8.04. The summed E-state index contributed by atoms with van der Waals surface area (Å²) in [6.07, 6.45) is 7.15. The Morgan fingerprint density at radius 2 is 1.54 bits per heavy atom. The molecule has 5 nitrogen and oxygen atoms in total. The first-order valence-electron chi connectivity index (χ1n) is 8.80. The van der Waals surface area contributed by atoms with Gasteiger partial charge in [0, 0.05) is 19.8 Å². The molecule has 0 spiro atoms. The van der Waals surface area contributed by atoms with Crippen molar-refractivity contribution in [1.29, 1.82) is 0 Å². The van der Waals surface area contributed by atoms with Crippen molar-refractivity contribution >= 4 is 0 Å². The minimum absolute atomic E-state index is 0.0927. The Bertz CT molecular complexity index is 571. The summed E-state index contributed by atoms with van der Waals surface area (Å²) in [5.74, 6) is 1.30. The summed E-state index contributed by atoms with van der Waals surface area (Å²) < 4.78 is 21.5. The van der Waals surface area contributed by atoms with Gasteiger partial charge in [-0.25, -0.2) is 0 Å². The van der Waals surface area contributed by atoms with Crippen LogP contribution in [-0.4, -0.2) is 32.9 Å². The van der Waals surface area contributed by atoms with Gasteiger partial charge in [0.15, 0.2) is 13.6 Å². The van der Waals surface area contributed by atoms with E-state index in [9.17, 15) is 5.11 Å². The second-order valence-corrected chi connectivity index (χ2v) is 6.41. The van der Waals surface area contributed by atoms with Crippen LogP contribution in [0.5, 0.6) is 11.5 Å². The molecule has 146 valence electrons. The summed E-state index contributed by atoms with van der Waals surface area (Å²) >= 11 is 0. The van der Waals surface area contributed by atoms with Crippen LogP contribution in [0.3, 0.4) is 0 Å². The van der Waals surface area contributed by atoms with Crippen LogP contribution < -0.4 is 9.47 Å². The van der Waals surface area contributed by atoms with E-state index in [1.54, 1.807) is 14.2 Å². The Morgan fingerprint density at radius 3 is 2.00 bits per heavy atom. The maximum Gasteiger partial charge on any atom is 0.188 e. The zero-order valence-electron chi connectivity index (χ0n) is 16.6. The van der Waals surface area contributed by atoms with E-state index in [-0.39, 0.29) is 20.2 Å². The molecule has 0 saturated carbocycles. The Balaban J connectivity index is 3.04. The second-order valence-electron chi connectivity index (χ2n) is 6.41. The van der Waals surface area contributed by atoms with Crippen molar-refractivity contribution in [2.24, 2.45) is 0 Å². The molecule has 1 aromatic rings. The molecule has 0 heterocycles. The Hall–Kier alpha value is -1.82. The number of aliphatic hydroxyl groups excluding tert-OH is 1. The zero-order chi connectivity index (χ0) is 19.4. The van der Waals surface area contributed by atoms with Crippen LogP contribution in [0.2, 0.25) is 0 Å². The highest BCUT2D eigenvalue weighted by Crippen LogP contribution is 2.32. The van der Waals surface area contributed by atoms with Crippen LogP contribution in [0.25, 0.3) is 0 Å². The number of hydrogen-bond acceptors (Lipinski definition) is 5. The average Bonchev–Trinajstić information content (AvgIpc) is 2.62. The summed E-state index contributed by atoms with van der Waals surface area (Å²) in [7, 11) is 3.15. The molecule has 1 N–H and O–H groups in total. The maximum absolute atomic E-state index is 9.50. The highest BCUT2D eigenvalue weighted by Gasteiger charge is 2.13. The van der Waals surface area contributed by atoms with Crippen molar-refractivity contribution in [3.63, 3.8) is 0 Å². The fourth-order valence-corrected chi connectivity index (χ4v) is 2.44. The molecule has 0 saturated heterocycles. The van der Waals surface area contributed by atoms with Gasteiger partial charge in [-0.2, -0.15) is 0 Å². The van der Waals surface area contributed by atoms with E-state index >= 15 is 0 Å². The van der Waals surface area contributed by atoms with Gasteiger partial charge in [0.05, 0.1) is 6.61 Å². The maximum atomic E-state index is 9.50. The molecule has 0 fully saturated rings. The van der Waals surface area contributed by atoms with E-state index in [0.717, 1.165) is 24.0 Å². The van der Waals surface area contributed by atoms with Gasteiger partial charge in [-0.3, -0.25) is 0 Å². The molecule has 5 heteroatoms. The Morgan fingerprint density at radius 1 is 0.962 bits per heavy atom. The largest absolute Gasteiger partial charge is 0.467 e. The second kappa shape index (κ2) is 12.5. The molecule has 0 aliphatic rings. The molecule has 0 unspecified atom stereocenters. The highest BCUT2D eigenvalue weighted by atomic mass is 16.7. The lowest BCUT2D eigenvalue weighted by Gasteiger charge is -2.17. The van der Waals surface area contributed by atoms with Crippen molar-refractivity contribution < 1.29 is 24.1 Å². The van der Waals surface area contributed by atoms with E-state index in [2.05, 4.69) is 32.9 Å². The molecule has 0 aliphatic heterocycles. The summed E-state index contributed by atoms with van der Waals surface area (Å²) in [6, 6.07) is 3.64. The van der Waals surface area contributed by atoms with Gasteiger partial charge in [0.2, 0.25) is 0 Å². The van der Waals surface area contributed by atoms with Gasteiger partial charge >= 0.3 is 0 Å². The molecular formula is C21H32O5. The molecule has 0 bridgehead atoms. The van der Waals surface area contributed by atoms with Gasteiger partial charge in [-0.05, 0) is 57.7 Å². The van der Waals surface area contributed by atoms with E-state index in [0.29, 0.717) is 17.9 Å². The molecule has 0 aliphatic carbocycles. The van der Waals surface area contributed by atoms with Crippen LogP contribution in [0.15, 0.2) is 35.4 Å². The minimum Gasteiger partial charge on any atom is -0.467 e. The lowest BCUT2D eigenvalue weighted by molar-refractivity contribution is 0.0446. The number of ether oxygens (including phenoxy) is 4. The first-order chi connectivity index (χ1) is 12.5. The lowest BCUT2D eigenvalue weighted by Crippen LogP contribution is -2.07. The van der Waals surface area contributed by atoms with Crippen molar-refractivity contribution in [3.8, 4) is 11.5 Å². The minimum atomic E-state index is -0.0927. The third-order valence-electron chi connectivity index (χ3n) is 3.82. The number of allylic oxidation sites excluding steroid dienone is 4. The van der Waals surface area contributed by atoms with Gasteiger partial charge in [0.1, 0.15) is 11.5 Å². The predicted octanol–water partition coefficient (Wildman–Crippen LogP) is 4.38. The van der Waals surface area contributed by atoms with Crippen LogP contribution in [0.4, 0.5) is 0 Å². The fraction of sp³-hybridized carbons (Fsp3) is 0.524. The summed E-state index contributed by atoms with van der Waals surface area (Å²) in [4.78, 5) is 0. The van der Waals surface area contributed by atoms with Crippen LogP contribution in [0.1, 0.15) is 44.7 Å². The summed E-state index contributed by atoms with van der Waals surface area (Å²) in [6.45, 7) is 6.53. The molecule has 0 aromatic heterocycles. The molecule has 1 aromatic carbocycles. The Labute approximate surface area is 157 Å². The quantitative estimate of drug-likeness (QED) is 0.441. The number of rotatable bonds is 12. The van der Waals surface area contributed by atoms with Crippen molar-refractivity contribution in [2.45, 2.75) is 46.6 Å². The van der Waals surface area contributed by atoms with Crippen LogP contribution in [0, 0.1) is 0 Å². The summed E-state index contributed by atoms with van der Waals surface area (Å²) in [5.41, 5.74) is 4.28. The zero-order valence-corrected chi connectivity index (χ0v) is 16.6. The van der Waals surface area contributed by atoms with Crippen LogP contribution >= 0.6 is 0 Å². The average molecular weight is 364 g/mol. The first kappa shape index (κ1) is 22.2. The van der Waals surface area contributed by atoms with Gasteiger partial charge in [-0.15, -0.1) is 0 Å². The van der Waals surface area contributed by atoms with Gasteiger partial charge in [0.25, 0.3) is 0 Å². The van der Waals surface area contributed by atoms with Crippen molar-refractivity contribution in [3.05, 3.63) is 46.6 Å². The molecule has 26 heavy (non-hydrogen) atoms. The lowest BCUT2D eigenvalue weighted by atomic mass is 10.0. The molecule has 0 amide bonds. The molecule has 0 radical (unpaired) electrons. The van der Waals surface area contributed by atoms with Gasteiger partial charge in [-0.1, -0.05) is 23.3 Å². The van der Waals surface area contributed by atoms with E-state index < -0.39 is 0 Å². The van der Waals surface area contributed by atoms with Crippen LogP contribution in [-0.2, 0) is 22.5 Å². The standard InChI is InChI=1S/C21H32O5/c1-16(2)7-6-8-17(3)9-10-19-20(25-14-23-4)11-18(13-22)12-21(19)26-15-24-5/h7,9,11-12,22H,6,8,10,13-15H2,1-5H3/b17-9+. The van der Waals surface area contributed by atoms with Crippen molar-refractivity contribution in [2.75, 3.05) is 27.8 Å². The van der Waals surface area contributed by atoms with Crippen molar-refractivity contribution in [1.82, 2.24) is 0 Å². The monoisotopic (exact) mass is 364 g/mol. The predicted molar refractivity (Wildman–Crippen MR) is 103 cm³/mol. The molecule has 0 atom stereocenters. The number of benzene rings is 1. The molecule has 1 rings (SSSR count). The summed E-state index contributed by atoms with van der Waals surface area (Å²) in [5, 5.41) is 9.50. The SMILES string of the molecule is COCOc1cc(CO)cc(OCOC)c1C/C=C(\C)CCC=C(C)C. The normalized spacial score (nSPS) is 11.4. The van der Waals surface area contributed by atoms with E-state index in [1.165, 1.54) is 11.1 Å². The smallest absolute Gasteiger partial charge is 0.188 e.